The van der Waals surface area contributed by atoms with Gasteiger partial charge in [-0.25, -0.2) is 0 Å². The zero-order valence-corrected chi connectivity index (χ0v) is 17.5. The highest BCUT2D eigenvalue weighted by Gasteiger charge is 2.32. The second kappa shape index (κ2) is 9.61. The Kier molecular flexibility index (Phi) is 7.14. The van der Waals surface area contributed by atoms with E-state index in [1.807, 2.05) is 17.0 Å². The fraction of sp³-hybridized carbons (Fsp3) is 0.381. The lowest BCUT2D eigenvalue weighted by Crippen LogP contribution is -2.37. The number of carbonyl (C=O) groups excluding carboxylic acids is 1. The molecule has 0 bridgehead atoms. The maximum Gasteiger partial charge on any atom is 0.416 e. The monoisotopic (exact) mass is 440 g/mol. The van der Waals surface area contributed by atoms with Crippen molar-refractivity contribution in [2.24, 2.45) is 0 Å². The van der Waals surface area contributed by atoms with Gasteiger partial charge >= 0.3 is 6.18 Å². The Morgan fingerprint density at radius 1 is 1.17 bits per heavy atom. The summed E-state index contributed by atoms with van der Waals surface area (Å²) in [5.74, 6) is 0.334. The molecule has 1 heterocycles. The number of thioether (sulfide) groups is 1. The van der Waals surface area contributed by atoms with Crippen LogP contribution in [0.3, 0.4) is 0 Å². The van der Waals surface area contributed by atoms with Crippen molar-refractivity contribution < 1.29 is 27.4 Å². The second-order valence-corrected chi connectivity index (χ2v) is 8.17. The minimum atomic E-state index is -4.49. The van der Waals surface area contributed by atoms with Gasteiger partial charge in [-0.2, -0.15) is 13.2 Å². The van der Waals surface area contributed by atoms with E-state index in [0.29, 0.717) is 37.7 Å². The van der Waals surface area contributed by atoms with Crippen molar-refractivity contribution in [2.75, 3.05) is 43.6 Å². The molecule has 1 fully saturated rings. The normalized spacial score (nSPS) is 15.6. The van der Waals surface area contributed by atoms with Gasteiger partial charge in [-0.05, 0) is 49.4 Å². The number of anilines is 2. The Balaban J connectivity index is 1.78. The molecule has 5 nitrogen and oxygen atoms in total. The molecule has 0 radical (unpaired) electrons. The van der Waals surface area contributed by atoms with Gasteiger partial charge in [0.25, 0.3) is 0 Å². The van der Waals surface area contributed by atoms with Crippen molar-refractivity contribution in [3.63, 3.8) is 0 Å². The molecule has 0 saturated carbocycles. The number of carbonyl (C=O) groups is 1. The van der Waals surface area contributed by atoms with Gasteiger partial charge in [-0.15, -0.1) is 11.8 Å². The van der Waals surface area contributed by atoms with Crippen molar-refractivity contribution >= 4 is 29.0 Å². The van der Waals surface area contributed by atoms with Crippen LogP contribution in [-0.4, -0.2) is 44.6 Å². The molecule has 0 spiro atoms. The first-order valence-corrected chi connectivity index (χ1v) is 10.3. The van der Waals surface area contributed by atoms with Crippen molar-refractivity contribution in [3.8, 4) is 5.75 Å². The van der Waals surface area contributed by atoms with E-state index in [4.69, 9.17) is 9.47 Å². The van der Waals surface area contributed by atoms with Crippen LogP contribution in [0, 0.1) is 0 Å². The zero-order chi connectivity index (χ0) is 21.7. The lowest BCUT2D eigenvalue weighted by atomic mass is 10.1. The quantitative estimate of drug-likeness (QED) is 0.662. The Bertz CT molecular complexity index is 869. The molecular formula is C21H23F3N2O3S. The Morgan fingerprint density at radius 3 is 2.43 bits per heavy atom. The van der Waals surface area contributed by atoms with Crippen LogP contribution >= 0.6 is 11.8 Å². The minimum absolute atomic E-state index is 0.152. The van der Waals surface area contributed by atoms with Crippen LogP contribution < -0.4 is 15.0 Å². The van der Waals surface area contributed by atoms with Crippen LogP contribution in [0.4, 0.5) is 24.5 Å². The lowest BCUT2D eigenvalue weighted by molar-refractivity contribution is -0.137. The van der Waals surface area contributed by atoms with Crippen molar-refractivity contribution in [1.82, 2.24) is 0 Å². The molecule has 1 amide bonds. The van der Waals surface area contributed by atoms with Gasteiger partial charge in [0.2, 0.25) is 5.91 Å². The van der Waals surface area contributed by atoms with Gasteiger partial charge in [-0.1, -0.05) is 0 Å². The topological polar surface area (TPSA) is 50.8 Å². The number of methoxy groups -OCH3 is 1. The molecule has 162 valence electrons. The molecule has 0 aliphatic carbocycles. The summed E-state index contributed by atoms with van der Waals surface area (Å²) in [6, 6.07) is 10.7. The Morgan fingerprint density at radius 2 is 1.83 bits per heavy atom. The Labute approximate surface area is 177 Å². The molecule has 1 N–H and O–H groups in total. The van der Waals surface area contributed by atoms with Crippen molar-refractivity contribution in [1.29, 1.82) is 0 Å². The lowest BCUT2D eigenvalue weighted by Gasteiger charge is -2.31. The van der Waals surface area contributed by atoms with Crippen LogP contribution in [0.1, 0.15) is 12.5 Å². The highest BCUT2D eigenvalue weighted by atomic mass is 32.2. The van der Waals surface area contributed by atoms with E-state index in [1.54, 1.807) is 26.2 Å². The third-order valence-corrected chi connectivity index (χ3v) is 5.79. The third kappa shape index (κ3) is 5.60. The van der Waals surface area contributed by atoms with Crippen molar-refractivity contribution in [3.05, 3.63) is 48.0 Å². The van der Waals surface area contributed by atoms with Crippen LogP contribution in [0.2, 0.25) is 0 Å². The summed E-state index contributed by atoms with van der Waals surface area (Å²) in [7, 11) is 1.57. The minimum Gasteiger partial charge on any atom is -0.497 e. The standard InChI is InChI=1S/C21H23F3N2O3S/c1-14(30-17-6-4-16(28-2)5-7-17)20(27)25-18-13-15(21(22,23)24)3-8-19(18)26-9-11-29-12-10-26/h3-8,13-14H,9-12H2,1-2H3,(H,25,27)/t14-/m0/s1. The van der Waals surface area contributed by atoms with E-state index in [9.17, 15) is 18.0 Å². The van der Waals surface area contributed by atoms with Crippen LogP contribution in [-0.2, 0) is 15.7 Å². The summed E-state index contributed by atoms with van der Waals surface area (Å²) < 4.78 is 50.1. The number of hydrogen-bond donors (Lipinski definition) is 1. The van der Waals surface area contributed by atoms with Gasteiger partial charge in [0.1, 0.15) is 5.75 Å². The van der Waals surface area contributed by atoms with Crippen molar-refractivity contribution in [2.45, 2.75) is 23.2 Å². The molecular weight excluding hydrogens is 417 g/mol. The fourth-order valence-electron chi connectivity index (χ4n) is 3.04. The molecule has 0 aromatic heterocycles. The van der Waals surface area contributed by atoms with Crippen LogP contribution in [0.5, 0.6) is 5.75 Å². The van der Waals surface area contributed by atoms with E-state index in [0.717, 1.165) is 17.0 Å². The number of rotatable bonds is 6. The van der Waals surface area contributed by atoms with Gasteiger partial charge in [0.05, 0.1) is 42.5 Å². The molecule has 30 heavy (non-hydrogen) atoms. The smallest absolute Gasteiger partial charge is 0.416 e. The number of morpholine rings is 1. The highest BCUT2D eigenvalue weighted by Crippen LogP contribution is 2.36. The number of hydrogen-bond acceptors (Lipinski definition) is 5. The number of halogens is 3. The number of ether oxygens (including phenoxy) is 2. The number of amides is 1. The molecule has 1 atom stereocenters. The first kappa shape index (κ1) is 22.3. The van der Waals surface area contributed by atoms with Crippen LogP contribution in [0.25, 0.3) is 0 Å². The van der Waals surface area contributed by atoms with Gasteiger partial charge in [-0.3, -0.25) is 4.79 Å². The highest BCUT2D eigenvalue weighted by molar-refractivity contribution is 8.00. The Hall–Kier alpha value is -2.39. The van der Waals surface area contributed by atoms with Crippen LogP contribution in [0.15, 0.2) is 47.4 Å². The number of benzene rings is 2. The van der Waals surface area contributed by atoms with Gasteiger partial charge in [0, 0.05) is 18.0 Å². The van der Waals surface area contributed by atoms with E-state index in [-0.39, 0.29) is 11.6 Å². The van der Waals surface area contributed by atoms with Gasteiger partial charge in [0.15, 0.2) is 0 Å². The molecule has 9 heteroatoms. The van der Waals surface area contributed by atoms with E-state index >= 15 is 0 Å². The predicted octanol–water partition coefficient (Wildman–Crippen LogP) is 4.67. The number of nitrogens with one attached hydrogen (secondary N) is 1. The maximum atomic E-state index is 13.2. The van der Waals surface area contributed by atoms with E-state index in [1.165, 1.54) is 17.8 Å². The average Bonchev–Trinajstić information content (AvgIpc) is 2.74. The summed E-state index contributed by atoms with van der Waals surface area (Å²) in [6.45, 7) is 3.78. The summed E-state index contributed by atoms with van der Waals surface area (Å²) in [5.41, 5.74) is -0.0922. The third-order valence-electron chi connectivity index (χ3n) is 4.68. The zero-order valence-electron chi connectivity index (χ0n) is 16.7. The number of nitrogens with zero attached hydrogens (tertiary/aromatic N) is 1. The summed E-state index contributed by atoms with van der Waals surface area (Å²) in [6.07, 6.45) is -4.49. The second-order valence-electron chi connectivity index (χ2n) is 6.75. The largest absolute Gasteiger partial charge is 0.497 e. The predicted molar refractivity (Wildman–Crippen MR) is 111 cm³/mol. The van der Waals surface area contributed by atoms with E-state index in [2.05, 4.69) is 5.32 Å². The SMILES string of the molecule is COc1ccc(S[C@@H](C)C(=O)Nc2cc(C(F)(F)F)ccc2N2CCOCC2)cc1. The van der Waals surface area contributed by atoms with E-state index < -0.39 is 17.0 Å². The molecule has 1 aliphatic rings. The molecule has 1 aliphatic heterocycles. The first-order valence-electron chi connectivity index (χ1n) is 9.43. The molecule has 2 aromatic rings. The fourth-order valence-corrected chi connectivity index (χ4v) is 3.91. The molecule has 0 unspecified atom stereocenters. The maximum absolute atomic E-state index is 13.2. The molecule has 2 aromatic carbocycles. The average molecular weight is 440 g/mol. The van der Waals surface area contributed by atoms with Gasteiger partial charge < -0.3 is 19.7 Å². The number of alkyl halides is 3. The molecule has 3 rings (SSSR count). The first-order chi connectivity index (χ1) is 14.3. The molecule has 1 saturated heterocycles. The summed E-state index contributed by atoms with van der Waals surface area (Å²) in [4.78, 5) is 15.5. The summed E-state index contributed by atoms with van der Waals surface area (Å²) >= 11 is 1.32. The summed E-state index contributed by atoms with van der Waals surface area (Å²) in [5, 5.41) is 2.19.